The van der Waals surface area contributed by atoms with Gasteiger partial charge in [0.2, 0.25) is 0 Å². The molecule has 1 heterocycles. The first-order valence-corrected chi connectivity index (χ1v) is 15.4. The topological polar surface area (TPSA) is 65.0 Å². The SMILES string of the molecule is C=C(C)[C@@H]1C[C@@H](c2ccc(-c3ccccc3)cc2)[C@@H](CC(C)C)O[C@H]1c1cc(Oc2cccc(Cl)c2)ccc1OCC(=O)O. The summed E-state index contributed by atoms with van der Waals surface area (Å²) in [5.41, 5.74) is 5.34. The fourth-order valence-corrected chi connectivity index (χ4v) is 6.20. The van der Waals surface area contributed by atoms with Crippen molar-refractivity contribution in [3.8, 4) is 28.4 Å². The van der Waals surface area contributed by atoms with Crippen molar-refractivity contribution in [2.45, 2.75) is 51.7 Å². The van der Waals surface area contributed by atoms with Crippen LogP contribution in [0.4, 0.5) is 0 Å². The fraction of sp³-hybridized carbons (Fsp3) is 0.289. The summed E-state index contributed by atoms with van der Waals surface area (Å²) in [6.45, 7) is 10.4. The van der Waals surface area contributed by atoms with Crippen LogP contribution in [-0.4, -0.2) is 23.8 Å². The maximum Gasteiger partial charge on any atom is 0.341 e. The molecule has 44 heavy (non-hydrogen) atoms. The van der Waals surface area contributed by atoms with Crippen molar-refractivity contribution in [3.05, 3.63) is 125 Å². The Balaban J connectivity index is 1.50. The molecule has 0 unspecified atom stereocenters. The largest absolute Gasteiger partial charge is 0.482 e. The van der Waals surface area contributed by atoms with E-state index in [1.165, 1.54) is 16.7 Å². The Morgan fingerprint density at radius 2 is 1.66 bits per heavy atom. The molecule has 5 rings (SSSR count). The second-order valence-corrected chi connectivity index (χ2v) is 12.4. The minimum Gasteiger partial charge on any atom is -0.482 e. The predicted octanol–water partition coefficient (Wildman–Crippen LogP) is 10.1. The van der Waals surface area contributed by atoms with Crippen LogP contribution in [0, 0.1) is 11.8 Å². The van der Waals surface area contributed by atoms with E-state index in [2.05, 4.69) is 69.0 Å². The summed E-state index contributed by atoms with van der Waals surface area (Å²) in [7, 11) is 0. The molecule has 1 aliphatic rings. The zero-order valence-corrected chi connectivity index (χ0v) is 26.2. The zero-order valence-electron chi connectivity index (χ0n) is 25.4. The van der Waals surface area contributed by atoms with E-state index in [0.29, 0.717) is 28.2 Å². The summed E-state index contributed by atoms with van der Waals surface area (Å²) in [5, 5.41) is 9.95. The van der Waals surface area contributed by atoms with E-state index in [1.807, 2.05) is 31.2 Å². The Hall–Kier alpha value is -4.06. The summed E-state index contributed by atoms with van der Waals surface area (Å²) in [6.07, 6.45) is 1.24. The van der Waals surface area contributed by atoms with Gasteiger partial charge in [-0.15, -0.1) is 0 Å². The van der Waals surface area contributed by atoms with Gasteiger partial charge in [0.15, 0.2) is 6.61 Å². The molecule has 228 valence electrons. The highest BCUT2D eigenvalue weighted by Crippen LogP contribution is 2.50. The molecular weight excluding hydrogens is 572 g/mol. The van der Waals surface area contributed by atoms with Gasteiger partial charge < -0.3 is 19.3 Å². The first-order valence-electron chi connectivity index (χ1n) is 15.1. The van der Waals surface area contributed by atoms with Gasteiger partial charge >= 0.3 is 5.97 Å². The minimum atomic E-state index is -1.05. The fourth-order valence-electron chi connectivity index (χ4n) is 6.02. The van der Waals surface area contributed by atoms with Crippen molar-refractivity contribution in [1.29, 1.82) is 0 Å². The minimum absolute atomic E-state index is 0.0363. The van der Waals surface area contributed by atoms with Crippen molar-refractivity contribution in [2.75, 3.05) is 6.61 Å². The lowest BCUT2D eigenvalue weighted by molar-refractivity contribution is -0.139. The van der Waals surface area contributed by atoms with Crippen LogP contribution in [0.1, 0.15) is 56.8 Å². The van der Waals surface area contributed by atoms with Crippen LogP contribution < -0.4 is 9.47 Å². The molecule has 0 amide bonds. The monoisotopic (exact) mass is 610 g/mol. The van der Waals surface area contributed by atoms with Crippen LogP contribution in [0.25, 0.3) is 11.1 Å². The van der Waals surface area contributed by atoms with Gasteiger partial charge in [-0.3, -0.25) is 0 Å². The highest BCUT2D eigenvalue weighted by atomic mass is 35.5. The number of rotatable bonds is 11. The third kappa shape index (κ3) is 7.71. The van der Waals surface area contributed by atoms with E-state index in [-0.39, 0.29) is 17.9 Å². The number of ether oxygens (including phenoxy) is 3. The summed E-state index contributed by atoms with van der Waals surface area (Å²) in [5.74, 6) is 1.12. The number of halogens is 1. The molecule has 4 aromatic rings. The molecule has 0 aliphatic carbocycles. The third-order valence-electron chi connectivity index (χ3n) is 8.10. The number of carbonyl (C=O) groups is 1. The van der Waals surface area contributed by atoms with Gasteiger partial charge in [0.1, 0.15) is 17.2 Å². The lowest BCUT2D eigenvalue weighted by Crippen LogP contribution is -2.37. The molecule has 1 aliphatic heterocycles. The maximum atomic E-state index is 11.5. The van der Waals surface area contributed by atoms with Crippen LogP contribution in [0.5, 0.6) is 17.2 Å². The van der Waals surface area contributed by atoms with Gasteiger partial charge in [0.05, 0.1) is 12.2 Å². The summed E-state index contributed by atoms with van der Waals surface area (Å²) < 4.78 is 19.0. The molecule has 1 fully saturated rings. The van der Waals surface area contributed by atoms with Crippen LogP contribution in [0.15, 0.2) is 109 Å². The van der Waals surface area contributed by atoms with E-state index in [1.54, 1.807) is 24.3 Å². The highest BCUT2D eigenvalue weighted by molar-refractivity contribution is 6.30. The third-order valence-corrected chi connectivity index (χ3v) is 8.33. The van der Waals surface area contributed by atoms with Gasteiger partial charge in [0, 0.05) is 22.4 Å². The molecule has 6 heteroatoms. The van der Waals surface area contributed by atoms with Crippen molar-refractivity contribution in [3.63, 3.8) is 0 Å². The zero-order chi connectivity index (χ0) is 31.2. The molecule has 0 saturated carbocycles. The smallest absolute Gasteiger partial charge is 0.341 e. The Morgan fingerprint density at radius 1 is 0.955 bits per heavy atom. The molecule has 5 nitrogen and oxygen atoms in total. The molecule has 0 radical (unpaired) electrons. The summed E-state index contributed by atoms with van der Waals surface area (Å²) in [4.78, 5) is 11.5. The van der Waals surface area contributed by atoms with Gasteiger partial charge in [-0.1, -0.05) is 98.3 Å². The van der Waals surface area contributed by atoms with Crippen molar-refractivity contribution >= 4 is 17.6 Å². The quantitative estimate of drug-likeness (QED) is 0.171. The van der Waals surface area contributed by atoms with E-state index in [9.17, 15) is 9.90 Å². The average Bonchev–Trinajstić information content (AvgIpc) is 3.00. The van der Waals surface area contributed by atoms with Gasteiger partial charge in [-0.2, -0.15) is 0 Å². The van der Waals surface area contributed by atoms with Gasteiger partial charge in [-0.05, 0) is 78.8 Å². The summed E-state index contributed by atoms with van der Waals surface area (Å²) in [6, 6.07) is 31.8. The van der Waals surface area contributed by atoms with Crippen LogP contribution in [0.2, 0.25) is 5.02 Å². The number of carboxylic acid groups (broad SMARTS) is 1. The maximum absolute atomic E-state index is 11.5. The first kappa shape index (κ1) is 31.4. The molecule has 4 aromatic carbocycles. The molecule has 1 N–H and O–H groups in total. The van der Waals surface area contributed by atoms with E-state index < -0.39 is 18.7 Å². The van der Waals surface area contributed by atoms with Crippen LogP contribution in [0.3, 0.4) is 0 Å². The normalized spacial score (nSPS) is 19.8. The first-order chi connectivity index (χ1) is 21.2. The number of hydrogen-bond donors (Lipinski definition) is 1. The van der Waals surface area contributed by atoms with Gasteiger partial charge in [0.25, 0.3) is 0 Å². The predicted molar refractivity (Wildman–Crippen MR) is 176 cm³/mol. The summed E-state index contributed by atoms with van der Waals surface area (Å²) >= 11 is 6.19. The molecule has 0 aromatic heterocycles. The second kappa shape index (κ2) is 14.1. The Bertz CT molecular complexity index is 1580. The number of benzene rings is 4. The molecule has 4 atom stereocenters. The van der Waals surface area contributed by atoms with Crippen molar-refractivity contribution in [2.24, 2.45) is 11.8 Å². The highest BCUT2D eigenvalue weighted by Gasteiger charge is 2.41. The number of hydrogen-bond acceptors (Lipinski definition) is 4. The van der Waals surface area contributed by atoms with E-state index >= 15 is 0 Å². The van der Waals surface area contributed by atoms with E-state index in [0.717, 1.165) is 24.0 Å². The molecular formula is C38H39ClO5. The Morgan fingerprint density at radius 3 is 2.32 bits per heavy atom. The lowest BCUT2D eigenvalue weighted by Gasteiger charge is -2.43. The standard InChI is InChI=1S/C38H39ClO5/c1-24(2)19-36-33(28-15-13-27(14-16-28)26-9-6-5-7-10-26)22-32(25(3)4)38(44-36)34-21-31(17-18-35(34)42-23-37(40)41)43-30-12-8-11-29(39)20-30/h5-18,20-21,24,32-33,36,38H,3,19,22-23H2,1-2,4H3,(H,40,41)/t32-,33-,36+,38+/m0/s1. The molecule has 1 saturated heterocycles. The lowest BCUT2D eigenvalue weighted by atomic mass is 9.74. The number of aliphatic carboxylic acids is 1. The number of carboxylic acids is 1. The Kier molecular flexibility index (Phi) is 10.1. The van der Waals surface area contributed by atoms with Crippen molar-refractivity contribution in [1.82, 2.24) is 0 Å². The average molecular weight is 611 g/mol. The van der Waals surface area contributed by atoms with Crippen molar-refractivity contribution < 1.29 is 24.1 Å². The Labute approximate surface area is 265 Å². The van der Waals surface area contributed by atoms with Crippen LogP contribution in [-0.2, 0) is 9.53 Å². The van der Waals surface area contributed by atoms with Gasteiger partial charge in [-0.25, -0.2) is 4.79 Å². The molecule has 0 spiro atoms. The molecule has 0 bridgehead atoms. The van der Waals surface area contributed by atoms with E-state index in [4.69, 9.17) is 25.8 Å². The second-order valence-electron chi connectivity index (χ2n) is 11.9. The van der Waals surface area contributed by atoms with Crippen LogP contribution >= 0.6 is 11.6 Å².